The molecule has 3 amide bonds. The summed E-state index contributed by atoms with van der Waals surface area (Å²) in [5.41, 5.74) is -1.10. The Labute approximate surface area is 103 Å². The summed E-state index contributed by atoms with van der Waals surface area (Å²) < 4.78 is 0. The molecule has 17 heavy (non-hydrogen) atoms. The maximum absolute atomic E-state index is 11.8. The van der Waals surface area contributed by atoms with Crippen LogP contribution in [0.1, 0.15) is 40.5 Å². The highest BCUT2D eigenvalue weighted by atomic mass is 16.2. The number of imide groups is 1. The summed E-state index contributed by atoms with van der Waals surface area (Å²) in [6, 6.07) is 1.46. The predicted molar refractivity (Wildman–Crippen MR) is 65.0 cm³/mol. The van der Waals surface area contributed by atoms with Crippen LogP contribution in [0.4, 0.5) is 4.79 Å². The smallest absolute Gasteiger partial charge is 0.321 e. The summed E-state index contributed by atoms with van der Waals surface area (Å²) in [6.45, 7) is 7.94. The monoisotopic (exact) mass is 239 g/mol. The van der Waals surface area contributed by atoms with Crippen LogP contribution in [0.15, 0.2) is 0 Å². The van der Waals surface area contributed by atoms with E-state index in [-0.39, 0.29) is 0 Å². The van der Waals surface area contributed by atoms with E-state index in [0.717, 1.165) is 0 Å². The Hall–Kier alpha value is -1.57. The second kappa shape index (κ2) is 6.89. The van der Waals surface area contributed by atoms with Gasteiger partial charge in [0, 0.05) is 6.54 Å². The van der Waals surface area contributed by atoms with Crippen molar-refractivity contribution in [1.82, 2.24) is 10.6 Å². The number of nitrogens with zero attached hydrogens (tertiary/aromatic N) is 1. The lowest BCUT2D eigenvalue weighted by atomic mass is 9.83. The second-order valence-electron chi connectivity index (χ2n) is 4.46. The van der Waals surface area contributed by atoms with Gasteiger partial charge in [-0.1, -0.05) is 27.7 Å². The number of nitrogens with one attached hydrogen (secondary N) is 2. The summed E-state index contributed by atoms with van der Waals surface area (Å²) in [5, 5.41) is 13.8. The van der Waals surface area contributed by atoms with Crippen LogP contribution in [0.3, 0.4) is 0 Å². The van der Waals surface area contributed by atoms with Crippen LogP contribution in [0.5, 0.6) is 0 Å². The Morgan fingerprint density at radius 2 is 1.82 bits per heavy atom. The minimum Gasteiger partial charge on any atom is -0.338 e. The van der Waals surface area contributed by atoms with Gasteiger partial charge in [-0.25, -0.2) is 4.79 Å². The highest BCUT2D eigenvalue weighted by Crippen LogP contribution is 2.25. The van der Waals surface area contributed by atoms with Crippen molar-refractivity contribution >= 4 is 11.9 Å². The summed E-state index contributed by atoms with van der Waals surface area (Å²) in [5.74, 6) is -0.208. The highest BCUT2D eigenvalue weighted by Gasteiger charge is 2.35. The lowest BCUT2D eigenvalue weighted by Gasteiger charge is -2.21. The van der Waals surface area contributed by atoms with Gasteiger partial charge in [0.05, 0.1) is 6.07 Å². The quantitative estimate of drug-likeness (QED) is 0.767. The van der Waals surface area contributed by atoms with Gasteiger partial charge in [-0.05, 0) is 18.8 Å². The van der Waals surface area contributed by atoms with Crippen LogP contribution in [-0.4, -0.2) is 18.5 Å². The SMILES string of the molecule is CCC(C#N)(CC)C(=O)NC(=O)NCC(C)C. The molecule has 0 aliphatic rings. The van der Waals surface area contributed by atoms with Gasteiger partial charge in [-0.15, -0.1) is 0 Å². The lowest BCUT2D eigenvalue weighted by Crippen LogP contribution is -2.47. The first-order valence-electron chi connectivity index (χ1n) is 5.92. The Morgan fingerprint density at radius 3 is 2.18 bits per heavy atom. The lowest BCUT2D eigenvalue weighted by molar-refractivity contribution is -0.127. The van der Waals surface area contributed by atoms with E-state index in [2.05, 4.69) is 10.6 Å². The maximum atomic E-state index is 11.8. The molecule has 5 nitrogen and oxygen atoms in total. The molecule has 0 spiro atoms. The molecule has 5 heteroatoms. The Bertz CT molecular complexity index is 314. The fourth-order valence-corrected chi connectivity index (χ4v) is 1.34. The summed E-state index contributed by atoms with van der Waals surface area (Å²) >= 11 is 0. The number of rotatable bonds is 5. The molecule has 2 N–H and O–H groups in total. The van der Waals surface area contributed by atoms with Crippen LogP contribution in [-0.2, 0) is 4.79 Å². The number of hydrogen-bond donors (Lipinski definition) is 2. The fourth-order valence-electron chi connectivity index (χ4n) is 1.34. The summed E-state index contributed by atoms with van der Waals surface area (Å²) in [6.07, 6.45) is 0.784. The molecule has 0 rings (SSSR count). The fraction of sp³-hybridized carbons (Fsp3) is 0.750. The number of urea groups is 1. The van der Waals surface area contributed by atoms with E-state index in [0.29, 0.717) is 25.3 Å². The van der Waals surface area contributed by atoms with Crippen molar-refractivity contribution in [2.75, 3.05) is 6.54 Å². The minimum absolute atomic E-state index is 0.314. The molecule has 0 saturated carbocycles. The van der Waals surface area contributed by atoms with Crippen molar-refractivity contribution in [3.05, 3.63) is 0 Å². The van der Waals surface area contributed by atoms with Gasteiger partial charge in [0.15, 0.2) is 0 Å². The highest BCUT2D eigenvalue weighted by molar-refractivity contribution is 5.98. The summed E-state index contributed by atoms with van der Waals surface area (Å²) in [4.78, 5) is 23.2. The third-order valence-corrected chi connectivity index (χ3v) is 2.75. The molecule has 0 bridgehead atoms. The van der Waals surface area contributed by atoms with E-state index in [4.69, 9.17) is 5.26 Å². The van der Waals surface area contributed by atoms with Gasteiger partial charge in [0.2, 0.25) is 5.91 Å². The van der Waals surface area contributed by atoms with E-state index in [9.17, 15) is 9.59 Å². The van der Waals surface area contributed by atoms with Gasteiger partial charge in [-0.3, -0.25) is 10.1 Å². The van der Waals surface area contributed by atoms with Crippen molar-refractivity contribution in [2.24, 2.45) is 11.3 Å². The van der Waals surface area contributed by atoms with Crippen molar-refractivity contribution in [3.63, 3.8) is 0 Å². The zero-order chi connectivity index (χ0) is 13.5. The van der Waals surface area contributed by atoms with E-state index < -0.39 is 17.4 Å². The van der Waals surface area contributed by atoms with Gasteiger partial charge < -0.3 is 5.32 Å². The molecule has 0 aliphatic carbocycles. The largest absolute Gasteiger partial charge is 0.338 e. The first kappa shape index (κ1) is 15.4. The van der Waals surface area contributed by atoms with Gasteiger partial charge in [0.25, 0.3) is 0 Å². The van der Waals surface area contributed by atoms with Crippen LogP contribution in [0, 0.1) is 22.7 Å². The number of amides is 3. The van der Waals surface area contributed by atoms with E-state index in [1.165, 1.54) is 0 Å². The van der Waals surface area contributed by atoms with Crippen molar-refractivity contribution in [3.8, 4) is 6.07 Å². The molecule has 0 aliphatic heterocycles. The average molecular weight is 239 g/mol. The molecular weight excluding hydrogens is 218 g/mol. The normalized spacial score (nSPS) is 10.8. The van der Waals surface area contributed by atoms with Crippen LogP contribution in [0.25, 0.3) is 0 Å². The molecule has 0 atom stereocenters. The zero-order valence-corrected chi connectivity index (χ0v) is 11.0. The van der Waals surface area contributed by atoms with Crippen LogP contribution in [0.2, 0.25) is 0 Å². The maximum Gasteiger partial charge on any atom is 0.321 e. The van der Waals surface area contributed by atoms with Gasteiger partial charge in [-0.2, -0.15) is 5.26 Å². The molecule has 0 saturated heterocycles. The van der Waals surface area contributed by atoms with Crippen molar-refractivity contribution in [1.29, 1.82) is 5.26 Å². The molecule has 0 aromatic carbocycles. The van der Waals surface area contributed by atoms with Gasteiger partial charge >= 0.3 is 6.03 Å². The topological polar surface area (TPSA) is 82.0 Å². The molecule has 0 unspecified atom stereocenters. The minimum atomic E-state index is -1.10. The number of carbonyl (C=O) groups is 2. The van der Waals surface area contributed by atoms with Crippen molar-refractivity contribution < 1.29 is 9.59 Å². The van der Waals surface area contributed by atoms with E-state index in [1.54, 1.807) is 13.8 Å². The Morgan fingerprint density at radius 1 is 1.29 bits per heavy atom. The molecule has 96 valence electrons. The molecular formula is C12H21N3O2. The number of hydrogen-bond acceptors (Lipinski definition) is 3. The second-order valence-corrected chi connectivity index (χ2v) is 4.46. The van der Waals surface area contributed by atoms with E-state index >= 15 is 0 Å². The standard InChI is InChI=1S/C12H21N3O2/c1-5-12(6-2,8-13)10(16)15-11(17)14-7-9(3)4/h9H,5-7H2,1-4H3,(H2,14,15,16,17). The third kappa shape index (κ3) is 4.43. The first-order valence-corrected chi connectivity index (χ1v) is 5.92. The Balaban J connectivity index is 4.43. The Kier molecular flexibility index (Phi) is 6.26. The van der Waals surface area contributed by atoms with E-state index in [1.807, 2.05) is 19.9 Å². The summed E-state index contributed by atoms with van der Waals surface area (Å²) in [7, 11) is 0. The molecule has 0 aromatic heterocycles. The number of nitriles is 1. The average Bonchev–Trinajstić information content (AvgIpc) is 2.29. The predicted octanol–water partition coefficient (Wildman–Crippen LogP) is 1.80. The zero-order valence-electron chi connectivity index (χ0n) is 11.0. The first-order chi connectivity index (χ1) is 7.91. The number of carbonyl (C=O) groups excluding carboxylic acids is 2. The van der Waals surface area contributed by atoms with Gasteiger partial charge in [0.1, 0.15) is 5.41 Å². The molecule has 0 radical (unpaired) electrons. The molecule has 0 aromatic rings. The molecule has 0 heterocycles. The van der Waals surface area contributed by atoms with Crippen LogP contribution >= 0.6 is 0 Å². The third-order valence-electron chi connectivity index (χ3n) is 2.75. The molecule has 0 fully saturated rings. The van der Waals surface area contributed by atoms with Crippen molar-refractivity contribution in [2.45, 2.75) is 40.5 Å². The van der Waals surface area contributed by atoms with Crippen LogP contribution < -0.4 is 10.6 Å².